The number of rotatable bonds is 6. The van der Waals surface area contributed by atoms with Crippen LogP contribution in [-0.4, -0.2) is 40.6 Å². The Bertz CT molecular complexity index is 589. The zero-order valence-electron chi connectivity index (χ0n) is 12.4. The normalized spacial score (nSPS) is 22.1. The summed E-state index contributed by atoms with van der Waals surface area (Å²) < 4.78 is 28.8. The fourth-order valence-corrected chi connectivity index (χ4v) is 5.17. The Morgan fingerprint density at radius 1 is 1.48 bits per heavy atom. The van der Waals surface area contributed by atoms with Crippen molar-refractivity contribution in [1.29, 1.82) is 0 Å². The second-order valence-electron chi connectivity index (χ2n) is 5.64. The zero-order valence-corrected chi connectivity index (χ0v) is 14.0. The molecule has 1 aromatic carbocycles. The minimum Gasteiger partial charge on any atom is -0.496 e. The van der Waals surface area contributed by atoms with Crippen LogP contribution in [0, 0.1) is 11.8 Å². The summed E-state index contributed by atoms with van der Waals surface area (Å²) in [6.07, 6.45) is 1.52. The van der Waals surface area contributed by atoms with E-state index in [4.69, 9.17) is 16.3 Å². The molecule has 2 atom stereocenters. The topological polar surface area (TPSA) is 55.4 Å². The molecule has 0 radical (unpaired) electrons. The van der Waals surface area contributed by atoms with Crippen LogP contribution in [0.1, 0.15) is 12.0 Å². The lowest BCUT2D eigenvalue weighted by atomic mass is 9.86. The molecule has 6 heteroatoms. The van der Waals surface area contributed by atoms with Crippen molar-refractivity contribution in [3.05, 3.63) is 28.8 Å². The van der Waals surface area contributed by atoms with Crippen molar-refractivity contribution in [3.63, 3.8) is 0 Å². The highest BCUT2D eigenvalue weighted by atomic mass is 35.5. The molecule has 1 aliphatic rings. The molecule has 1 heterocycles. The maximum atomic E-state index is 11.7. The van der Waals surface area contributed by atoms with Gasteiger partial charge in [0.2, 0.25) is 0 Å². The van der Waals surface area contributed by atoms with Gasteiger partial charge in [-0.05, 0) is 62.0 Å². The molecule has 0 aromatic heterocycles. The van der Waals surface area contributed by atoms with Crippen molar-refractivity contribution in [2.24, 2.45) is 11.8 Å². The number of hydrogen-bond donors (Lipinski definition) is 1. The van der Waals surface area contributed by atoms with E-state index in [1.807, 2.05) is 19.2 Å². The van der Waals surface area contributed by atoms with Crippen LogP contribution < -0.4 is 10.1 Å². The molecule has 1 aromatic rings. The summed E-state index contributed by atoms with van der Waals surface area (Å²) >= 11 is 6.07. The van der Waals surface area contributed by atoms with Crippen molar-refractivity contribution in [3.8, 4) is 5.75 Å². The molecular weight excluding hydrogens is 310 g/mol. The van der Waals surface area contributed by atoms with Gasteiger partial charge in [0.05, 0.1) is 18.6 Å². The van der Waals surface area contributed by atoms with Crippen LogP contribution in [0.2, 0.25) is 5.02 Å². The molecule has 2 rings (SSSR count). The van der Waals surface area contributed by atoms with Gasteiger partial charge in [0.15, 0.2) is 9.84 Å². The summed E-state index contributed by atoms with van der Waals surface area (Å²) in [4.78, 5) is 0. The van der Waals surface area contributed by atoms with E-state index in [9.17, 15) is 8.42 Å². The Morgan fingerprint density at radius 2 is 2.24 bits per heavy atom. The molecule has 0 amide bonds. The van der Waals surface area contributed by atoms with Gasteiger partial charge in [0.25, 0.3) is 0 Å². The lowest BCUT2D eigenvalue weighted by Crippen LogP contribution is -2.28. The van der Waals surface area contributed by atoms with E-state index in [0.717, 1.165) is 30.7 Å². The molecule has 1 aliphatic heterocycles. The average molecular weight is 332 g/mol. The highest BCUT2D eigenvalue weighted by molar-refractivity contribution is 7.91. The first kappa shape index (κ1) is 16.6. The summed E-state index contributed by atoms with van der Waals surface area (Å²) in [5.74, 6) is 1.87. The lowest BCUT2D eigenvalue weighted by Gasteiger charge is -2.23. The Morgan fingerprint density at radius 3 is 2.81 bits per heavy atom. The number of halogens is 1. The first-order valence-corrected chi connectivity index (χ1v) is 9.32. The molecule has 0 saturated carbocycles. The van der Waals surface area contributed by atoms with Gasteiger partial charge < -0.3 is 10.1 Å². The average Bonchev–Trinajstić information content (AvgIpc) is 2.79. The monoisotopic (exact) mass is 331 g/mol. The highest BCUT2D eigenvalue weighted by Crippen LogP contribution is 2.32. The number of benzene rings is 1. The molecule has 1 fully saturated rings. The van der Waals surface area contributed by atoms with E-state index in [1.54, 1.807) is 13.2 Å². The third-order valence-electron chi connectivity index (χ3n) is 4.13. The number of methoxy groups -OCH3 is 1. The lowest BCUT2D eigenvalue weighted by molar-refractivity contribution is 0.343. The Hall–Kier alpha value is -0.780. The highest BCUT2D eigenvalue weighted by Gasteiger charge is 2.33. The predicted molar refractivity (Wildman–Crippen MR) is 85.9 cm³/mol. The van der Waals surface area contributed by atoms with Gasteiger partial charge in [-0.1, -0.05) is 11.6 Å². The molecule has 4 nitrogen and oxygen atoms in total. The van der Waals surface area contributed by atoms with E-state index in [2.05, 4.69) is 5.32 Å². The van der Waals surface area contributed by atoms with E-state index >= 15 is 0 Å². The van der Waals surface area contributed by atoms with Gasteiger partial charge in [0, 0.05) is 5.02 Å². The van der Waals surface area contributed by atoms with Crippen LogP contribution in [0.25, 0.3) is 0 Å². The predicted octanol–water partition coefficient (Wildman–Crippen LogP) is 2.16. The largest absolute Gasteiger partial charge is 0.496 e. The number of sulfone groups is 1. The van der Waals surface area contributed by atoms with E-state index < -0.39 is 9.84 Å². The van der Waals surface area contributed by atoms with Crippen LogP contribution >= 0.6 is 11.6 Å². The molecule has 0 spiro atoms. The fourth-order valence-electron chi connectivity index (χ4n) is 3.05. The zero-order chi connectivity index (χ0) is 15.5. The Balaban J connectivity index is 2.18. The SMILES string of the molecule is CNCC(Cc1cc(Cl)ccc1OC)C1CCS(=O)(=O)C1. The van der Waals surface area contributed by atoms with Crippen LogP contribution in [0.4, 0.5) is 0 Å². The molecule has 0 bridgehead atoms. The smallest absolute Gasteiger partial charge is 0.150 e. The summed E-state index contributed by atoms with van der Waals surface area (Å²) in [7, 11) is 0.673. The summed E-state index contributed by atoms with van der Waals surface area (Å²) in [5, 5.41) is 3.85. The van der Waals surface area contributed by atoms with Gasteiger partial charge in [-0.25, -0.2) is 8.42 Å². The Kier molecular flexibility index (Phi) is 5.52. The summed E-state index contributed by atoms with van der Waals surface area (Å²) in [6.45, 7) is 0.788. The maximum Gasteiger partial charge on any atom is 0.150 e. The van der Waals surface area contributed by atoms with Crippen molar-refractivity contribution >= 4 is 21.4 Å². The molecule has 1 saturated heterocycles. The van der Waals surface area contributed by atoms with Gasteiger partial charge in [0.1, 0.15) is 5.75 Å². The fraction of sp³-hybridized carbons (Fsp3) is 0.600. The first-order chi connectivity index (χ1) is 9.95. The minimum absolute atomic E-state index is 0.200. The summed E-state index contributed by atoms with van der Waals surface area (Å²) in [5.41, 5.74) is 1.04. The second-order valence-corrected chi connectivity index (χ2v) is 8.31. The maximum absolute atomic E-state index is 11.7. The van der Waals surface area contributed by atoms with Crippen LogP contribution in [0.5, 0.6) is 5.75 Å². The van der Waals surface area contributed by atoms with Gasteiger partial charge in [-0.15, -0.1) is 0 Å². The molecule has 21 heavy (non-hydrogen) atoms. The second kappa shape index (κ2) is 6.99. The number of ether oxygens (including phenoxy) is 1. The molecule has 0 aliphatic carbocycles. The first-order valence-electron chi connectivity index (χ1n) is 7.12. The van der Waals surface area contributed by atoms with Gasteiger partial charge in [-0.3, -0.25) is 0 Å². The van der Waals surface area contributed by atoms with Crippen LogP contribution in [0.15, 0.2) is 18.2 Å². The molecular formula is C15H22ClNO3S. The van der Waals surface area contributed by atoms with Gasteiger partial charge >= 0.3 is 0 Å². The number of hydrogen-bond acceptors (Lipinski definition) is 4. The quantitative estimate of drug-likeness (QED) is 0.868. The van der Waals surface area contributed by atoms with E-state index in [-0.39, 0.29) is 11.8 Å². The van der Waals surface area contributed by atoms with Crippen LogP contribution in [0.3, 0.4) is 0 Å². The van der Waals surface area contributed by atoms with Crippen LogP contribution in [-0.2, 0) is 16.3 Å². The van der Waals surface area contributed by atoms with E-state index in [0.29, 0.717) is 16.5 Å². The molecule has 118 valence electrons. The molecule has 2 unspecified atom stereocenters. The molecule has 1 N–H and O–H groups in total. The van der Waals surface area contributed by atoms with Crippen molar-refractivity contribution < 1.29 is 13.2 Å². The third-order valence-corrected chi connectivity index (χ3v) is 6.15. The van der Waals surface area contributed by atoms with Crippen molar-refractivity contribution in [1.82, 2.24) is 5.32 Å². The minimum atomic E-state index is -2.86. The van der Waals surface area contributed by atoms with Crippen molar-refractivity contribution in [2.75, 3.05) is 32.2 Å². The standard InChI is InChI=1S/C15H22ClNO3S/c1-17-9-13(11-5-6-21(18,19)10-11)7-12-8-14(16)3-4-15(12)20-2/h3-4,8,11,13,17H,5-7,9-10H2,1-2H3. The van der Waals surface area contributed by atoms with Crippen molar-refractivity contribution in [2.45, 2.75) is 12.8 Å². The van der Waals surface area contributed by atoms with E-state index in [1.165, 1.54) is 0 Å². The third kappa shape index (κ3) is 4.34. The van der Waals surface area contributed by atoms with Gasteiger partial charge in [-0.2, -0.15) is 0 Å². The number of nitrogens with one attached hydrogen (secondary N) is 1. The Labute approximate surface area is 131 Å². The summed E-state index contributed by atoms with van der Waals surface area (Å²) in [6, 6.07) is 5.57.